The van der Waals surface area contributed by atoms with Crippen molar-refractivity contribution in [2.45, 2.75) is 20.4 Å². The molecule has 114 valence electrons. The van der Waals surface area contributed by atoms with Crippen LogP contribution in [0.1, 0.15) is 28.3 Å². The fraction of sp³-hybridized carbons (Fsp3) is 0.158. The summed E-state index contributed by atoms with van der Waals surface area (Å²) in [6, 6.07) is 10.3. The van der Waals surface area contributed by atoms with Gasteiger partial charge in [0.1, 0.15) is 17.3 Å². The van der Waals surface area contributed by atoms with E-state index in [0.29, 0.717) is 6.54 Å². The second-order valence-electron chi connectivity index (χ2n) is 5.36. The van der Waals surface area contributed by atoms with Gasteiger partial charge in [0.25, 0.3) is 0 Å². The molecule has 3 aromatic rings. The number of nitrogens with zero attached hydrogens (tertiary/aromatic N) is 3. The molecule has 0 atom stereocenters. The molecule has 0 radical (unpaired) electrons. The van der Waals surface area contributed by atoms with Crippen molar-refractivity contribution in [3.63, 3.8) is 0 Å². The molecule has 1 aromatic carbocycles. The summed E-state index contributed by atoms with van der Waals surface area (Å²) < 4.78 is 15.0. The molecule has 0 amide bonds. The summed E-state index contributed by atoms with van der Waals surface area (Å²) >= 11 is 0. The van der Waals surface area contributed by atoms with E-state index < -0.39 is 0 Å². The van der Waals surface area contributed by atoms with Crippen LogP contribution in [0.2, 0.25) is 0 Å². The van der Waals surface area contributed by atoms with E-state index in [-0.39, 0.29) is 5.82 Å². The maximum absolute atomic E-state index is 13.0. The van der Waals surface area contributed by atoms with Crippen LogP contribution in [-0.4, -0.2) is 14.5 Å². The molecule has 0 bridgehead atoms. The van der Waals surface area contributed by atoms with Crippen LogP contribution in [0.5, 0.6) is 0 Å². The number of hydrogen-bond acceptors (Lipinski definition) is 2. The highest BCUT2D eigenvalue weighted by Gasteiger charge is 2.03. The van der Waals surface area contributed by atoms with Crippen molar-refractivity contribution in [2.24, 2.45) is 0 Å². The lowest BCUT2D eigenvalue weighted by atomic mass is 10.2. The zero-order chi connectivity index (χ0) is 16.2. The Hall–Kier alpha value is -2.93. The van der Waals surface area contributed by atoms with E-state index in [1.807, 2.05) is 36.7 Å². The first-order chi connectivity index (χ1) is 11.1. The Morgan fingerprint density at radius 1 is 1.09 bits per heavy atom. The maximum atomic E-state index is 13.0. The summed E-state index contributed by atoms with van der Waals surface area (Å²) in [5.74, 6) is 6.83. The lowest BCUT2D eigenvalue weighted by molar-refractivity contribution is 0.626. The van der Waals surface area contributed by atoms with Crippen LogP contribution in [-0.2, 0) is 6.54 Å². The van der Waals surface area contributed by atoms with Crippen molar-refractivity contribution in [3.05, 3.63) is 82.9 Å². The van der Waals surface area contributed by atoms with Gasteiger partial charge in [0.15, 0.2) is 0 Å². The molecule has 0 aliphatic rings. The number of pyridine rings is 1. The van der Waals surface area contributed by atoms with E-state index in [0.717, 1.165) is 28.3 Å². The molecule has 0 saturated carbocycles. The van der Waals surface area contributed by atoms with E-state index in [1.54, 1.807) is 18.3 Å². The summed E-state index contributed by atoms with van der Waals surface area (Å²) in [6.07, 6.45) is 3.66. The third kappa shape index (κ3) is 3.83. The quantitative estimate of drug-likeness (QED) is 0.679. The molecule has 0 unspecified atom stereocenters. The van der Waals surface area contributed by atoms with Crippen LogP contribution in [0.3, 0.4) is 0 Å². The molecule has 0 N–H and O–H groups in total. The lowest BCUT2D eigenvalue weighted by Crippen LogP contribution is -2.00. The van der Waals surface area contributed by atoms with E-state index in [4.69, 9.17) is 0 Å². The van der Waals surface area contributed by atoms with Gasteiger partial charge in [-0.2, -0.15) is 0 Å². The molecule has 2 aromatic heterocycles. The molecular formula is C19H16FN3. The summed E-state index contributed by atoms with van der Waals surface area (Å²) in [5.41, 5.74) is 3.60. The van der Waals surface area contributed by atoms with Gasteiger partial charge in [-0.05, 0) is 49.6 Å². The summed E-state index contributed by atoms with van der Waals surface area (Å²) in [6.45, 7) is 4.52. The van der Waals surface area contributed by atoms with Crippen LogP contribution in [0.15, 0.2) is 48.8 Å². The number of benzene rings is 1. The molecule has 0 aliphatic heterocycles. The molecule has 0 saturated heterocycles. The van der Waals surface area contributed by atoms with E-state index in [1.165, 1.54) is 12.1 Å². The van der Waals surface area contributed by atoms with Gasteiger partial charge in [-0.15, -0.1) is 0 Å². The zero-order valence-electron chi connectivity index (χ0n) is 13.0. The highest BCUT2D eigenvalue weighted by Crippen LogP contribution is 2.09. The van der Waals surface area contributed by atoms with Crippen LogP contribution >= 0.6 is 0 Å². The normalized spacial score (nSPS) is 10.2. The minimum atomic E-state index is -0.227. The largest absolute Gasteiger partial charge is 0.329 e. The minimum absolute atomic E-state index is 0.227. The number of hydrogen-bond donors (Lipinski definition) is 0. The topological polar surface area (TPSA) is 30.7 Å². The molecule has 3 nitrogen and oxygen atoms in total. The Morgan fingerprint density at radius 3 is 2.61 bits per heavy atom. The van der Waals surface area contributed by atoms with E-state index in [9.17, 15) is 4.39 Å². The van der Waals surface area contributed by atoms with Crippen LogP contribution in [0, 0.1) is 31.5 Å². The summed E-state index contributed by atoms with van der Waals surface area (Å²) in [5, 5.41) is 0. The van der Waals surface area contributed by atoms with Gasteiger partial charge in [-0.25, -0.2) is 9.37 Å². The number of rotatable bonds is 2. The van der Waals surface area contributed by atoms with E-state index in [2.05, 4.69) is 21.8 Å². The zero-order valence-corrected chi connectivity index (χ0v) is 13.0. The molecule has 0 spiro atoms. The third-order valence-corrected chi connectivity index (χ3v) is 3.47. The van der Waals surface area contributed by atoms with Crippen molar-refractivity contribution in [3.8, 4) is 11.8 Å². The van der Waals surface area contributed by atoms with Crippen molar-refractivity contribution >= 4 is 0 Å². The van der Waals surface area contributed by atoms with Crippen molar-refractivity contribution in [1.29, 1.82) is 0 Å². The first kappa shape index (κ1) is 15.0. The first-order valence-corrected chi connectivity index (χ1v) is 7.33. The molecule has 0 fully saturated rings. The average Bonchev–Trinajstić information content (AvgIpc) is 2.88. The number of imidazole rings is 1. The number of halogens is 1. The van der Waals surface area contributed by atoms with Crippen molar-refractivity contribution in [1.82, 2.24) is 14.5 Å². The second-order valence-corrected chi connectivity index (χ2v) is 5.36. The van der Waals surface area contributed by atoms with Crippen LogP contribution in [0.25, 0.3) is 0 Å². The highest BCUT2D eigenvalue weighted by molar-refractivity contribution is 5.39. The van der Waals surface area contributed by atoms with E-state index >= 15 is 0 Å². The van der Waals surface area contributed by atoms with Crippen LogP contribution < -0.4 is 0 Å². The van der Waals surface area contributed by atoms with Gasteiger partial charge in [0.2, 0.25) is 0 Å². The standard InChI is InChI=1S/C19H16FN3/c1-14-11-16(9-10-21-14)5-8-19-13-23(15(2)22-19)12-17-3-6-18(20)7-4-17/h3-4,6-7,9-11,13H,12H2,1-2H3. The third-order valence-electron chi connectivity index (χ3n) is 3.47. The molecular weight excluding hydrogens is 289 g/mol. The second kappa shape index (κ2) is 6.45. The van der Waals surface area contributed by atoms with Gasteiger partial charge in [-0.3, -0.25) is 4.98 Å². The molecule has 23 heavy (non-hydrogen) atoms. The first-order valence-electron chi connectivity index (χ1n) is 7.33. The smallest absolute Gasteiger partial charge is 0.131 e. The molecule has 4 heteroatoms. The number of aryl methyl sites for hydroxylation is 2. The predicted molar refractivity (Wildman–Crippen MR) is 87.4 cm³/mol. The summed E-state index contributed by atoms with van der Waals surface area (Å²) in [4.78, 5) is 8.61. The van der Waals surface area contributed by atoms with Gasteiger partial charge in [0, 0.05) is 30.2 Å². The maximum Gasteiger partial charge on any atom is 0.131 e. The van der Waals surface area contributed by atoms with Gasteiger partial charge >= 0.3 is 0 Å². The fourth-order valence-corrected chi connectivity index (χ4v) is 2.27. The van der Waals surface area contributed by atoms with Gasteiger partial charge < -0.3 is 4.57 Å². The van der Waals surface area contributed by atoms with Gasteiger partial charge in [0.05, 0.1) is 0 Å². The Morgan fingerprint density at radius 2 is 1.87 bits per heavy atom. The Labute approximate surface area is 134 Å². The molecule has 3 rings (SSSR count). The van der Waals surface area contributed by atoms with Crippen LogP contribution in [0.4, 0.5) is 4.39 Å². The fourth-order valence-electron chi connectivity index (χ4n) is 2.27. The monoisotopic (exact) mass is 305 g/mol. The summed E-state index contributed by atoms with van der Waals surface area (Å²) in [7, 11) is 0. The Kier molecular flexibility index (Phi) is 4.20. The molecule has 0 aliphatic carbocycles. The van der Waals surface area contributed by atoms with Gasteiger partial charge in [-0.1, -0.05) is 18.1 Å². The lowest BCUT2D eigenvalue weighted by Gasteiger charge is -2.04. The SMILES string of the molecule is Cc1cc(C#Cc2cn(Cc3ccc(F)cc3)c(C)n2)ccn1. The minimum Gasteiger partial charge on any atom is -0.329 e. The Bertz CT molecular complexity index is 883. The van der Waals surface area contributed by atoms with Crippen molar-refractivity contribution < 1.29 is 4.39 Å². The molecule has 2 heterocycles. The average molecular weight is 305 g/mol. The van der Waals surface area contributed by atoms with Crippen molar-refractivity contribution in [2.75, 3.05) is 0 Å². The Balaban J connectivity index is 1.80. The highest BCUT2D eigenvalue weighted by atomic mass is 19.1. The number of aromatic nitrogens is 3. The predicted octanol–water partition coefficient (Wildman–Crippen LogP) is 3.48.